The quantitative estimate of drug-likeness (QED) is 0.877. The standard InChI is InChI=1S/C17H19F2N3O/c1-17(2,3)16(23)22-7-6-14-11(9-22)15(21-20-14)10-4-5-12(18)13(19)8-10/h4-5,8H,6-7,9H2,1-3H3,(H,20,21). The molecule has 23 heavy (non-hydrogen) atoms. The minimum atomic E-state index is -0.905. The Labute approximate surface area is 133 Å². The van der Waals surface area contributed by atoms with E-state index in [1.165, 1.54) is 6.07 Å². The van der Waals surface area contributed by atoms with Crippen molar-refractivity contribution in [2.45, 2.75) is 33.7 Å². The van der Waals surface area contributed by atoms with Crippen molar-refractivity contribution >= 4 is 5.91 Å². The number of halogens is 2. The predicted molar refractivity (Wildman–Crippen MR) is 82.5 cm³/mol. The Morgan fingerprint density at radius 2 is 2.00 bits per heavy atom. The van der Waals surface area contributed by atoms with Crippen molar-refractivity contribution in [3.8, 4) is 11.3 Å². The summed E-state index contributed by atoms with van der Waals surface area (Å²) < 4.78 is 26.6. The average Bonchev–Trinajstić information content (AvgIpc) is 2.91. The first-order chi connectivity index (χ1) is 10.8. The number of benzene rings is 1. The zero-order valence-electron chi connectivity index (χ0n) is 13.4. The third-order valence-electron chi connectivity index (χ3n) is 4.06. The molecule has 1 aliphatic rings. The normalized spacial score (nSPS) is 14.7. The van der Waals surface area contributed by atoms with Crippen molar-refractivity contribution in [3.63, 3.8) is 0 Å². The summed E-state index contributed by atoms with van der Waals surface area (Å²) >= 11 is 0. The van der Waals surface area contributed by atoms with Crippen molar-refractivity contribution in [2.24, 2.45) is 5.41 Å². The van der Waals surface area contributed by atoms with Crippen LogP contribution in [0.2, 0.25) is 0 Å². The number of H-pyrrole nitrogens is 1. The van der Waals surface area contributed by atoms with Gasteiger partial charge < -0.3 is 4.90 Å². The molecule has 0 atom stereocenters. The van der Waals surface area contributed by atoms with Gasteiger partial charge in [-0.25, -0.2) is 8.78 Å². The van der Waals surface area contributed by atoms with Gasteiger partial charge in [0.15, 0.2) is 11.6 Å². The first kappa shape index (κ1) is 15.6. The van der Waals surface area contributed by atoms with Crippen LogP contribution in [0.15, 0.2) is 18.2 Å². The van der Waals surface area contributed by atoms with Gasteiger partial charge in [-0.3, -0.25) is 9.89 Å². The summed E-state index contributed by atoms with van der Waals surface area (Å²) in [5, 5.41) is 7.20. The smallest absolute Gasteiger partial charge is 0.228 e. The Hall–Kier alpha value is -2.24. The second-order valence-electron chi connectivity index (χ2n) is 6.88. The van der Waals surface area contributed by atoms with Crippen molar-refractivity contribution < 1.29 is 13.6 Å². The molecule has 1 aromatic heterocycles. The number of nitrogens with zero attached hydrogens (tertiary/aromatic N) is 2. The number of hydrogen-bond acceptors (Lipinski definition) is 2. The van der Waals surface area contributed by atoms with Crippen LogP contribution in [0.1, 0.15) is 32.0 Å². The fourth-order valence-electron chi connectivity index (χ4n) is 2.82. The van der Waals surface area contributed by atoms with Gasteiger partial charge in [-0.1, -0.05) is 20.8 Å². The summed E-state index contributed by atoms with van der Waals surface area (Å²) in [5.41, 5.74) is 2.45. The van der Waals surface area contributed by atoms with Crippen LogP contribution in [0.5, 0.6) is 0 Å². The Morgan fingerprint density at radius 3 is 2.65 bits per heavy atom. The zero-order valence-corrected chi connectivity index (χ0v) is 13.4. The van der Waals surface area contributed by atoms with Crippen LogP contribution in [-0.4, -0.2) is 27.5 Å². The maximum Gasteiger partial charge on any atom is 0.228 e. The summed E-state index contributed by atoms with van der Waals surface area (Å²) in [4.78, 5) is 14.3. The first-order valence-corrected chi connectivity index (χ1v) is 7.58. The number of hydrogen-bond donors (Lipinski definition) is 1. The highest BCUT2D eigenvalue weighted by Gasteiger charge is 2.31. The van der Waals surface area contributed by atoms with Gasteiger partial charge in [0.05, 0.1) is 5.69 Å². The van der Waals surface area contributed by atoms with Crippen LogP contribution >= 0.6 is 0 Å². The fourth-order valence-corrected chi connectivity index (χ4v) is 2.82. The van der Waals surface area contributed by atoms with Crippen LogP contribution < -0.4 is 0 Å². The van der Waals surface area contributed by atoms with Gasteiger partial charge in [-0.05, 0) is 18.2 Å². The molecule has 0 spiro atoms. The average molecular weight is 319 g/mol. The molecule has 1 aromatic carbocycles. The van der Waals surface area contributed by atoms with Crippen molar-refractivity contribution in [1.82, 2.24) is 15.1 Å². The molecule has 122 valence electrons. The highest BCUT2D eigenvalue weighted by atomic mass is 19.2. The highest BCUT2D eigenvalue weighted by molar-refractivity contribution is 5.82. The lowest BCUT2D eigenvalue weighted by molar-refractivity contribution is -0.140. The third kappa shape index (κ3) is 2.85. The van der Waals surface area contributed by atoms with Gasteiger partial charge in [0.1, 0.15) is 0 Å². The molecule has 0 fully saturated rings. The Balaban J connectivity index is 1.95. The maximum absolute atomic E-state index is 13.5. The van der Waals surface area contributed by atoms with Gasteiger partial charge >= 0.3 is 0 Å². The number of fused-ring (bicyclic) bond motifs is 1. The van der Waals surface area contributed by atoms with E-state index in [9.17, 15) is 13.6 Å². The number of amides is 1. The molecule has 1 aliphatic heterocycles. The van der Waals surface area contributed by atoms with E-state index in [2.05, 4.69) is 10.2 Å². The number of carbonyl (C=O) groups is 1. The van der Waals surface area contributed by atoms with Crippen LogP contribution in [0.3, 0.4) is 0 Å². The number of nitrogens with one attached hydrogen (secondary N) is 1. The Morgan fingerprint density at radius 1 is 1.26 bits per heavy atom. The van der Waals surface area contributed by atoms with Crippen LogP contribution in [0.4, 0.5) is 8.78 Å². The Bertz CT molecular complexity index is 762. The zero-order chi connectivity index (χ0) is 16.8. The van der Waals surface area contributed by atoms with Gasteiger partial charge in [-0.15, -0.1) is 0 Å². The summed E-state index contributed by atoms with van der Waals surface area (Å²) in [5.74, 6) is -1.72. The Kier molecular flexibility index (Phi) is 3.70. The minimum absolute atomic E-state index is 0.0700. The number of aromatic nitrogens is 2. The van der Waals surface area contributed by atoms with E-state index < -0.39 is 17.0 Å². The predicted octanol–water partition coefficient (Wildman–Crippen LogP) is 3.29. The number of rotatable bonds is 1. The van der Waals surface area contributed by atoms with E-state index in [1.807, 2.05) is 20.8 Å². The maximum atomic E-state index is 13.5. The van der Waals surface area contributed by atoms with Crippen molar-refractivity contribution in [2.75, 3.05) is 6.54 Å². The van der Waals surface area contributed by atoms with Gasteiger partial charge in [0.25, 0.3) is 0 Å². The van der Waals surface area contributed by atoms with E-state index in [1.54, 1.807) is 4.90 Å². The topological polar surface area (TPSA) is 49.0 Å². The molecule has 1 amide bonds. The summed E-state index contributed by atoms with van der Waals surface area (Å²) in [6, 6.07) is 3.72. The third-order valence-corrected chi connectivity index (χ3v) is 4.06. The fraction of sp³-hybridized carbons (Fsp3) is 0.412. The molecule has 0 bridgehead atoms. The molecule has 0 unspecified atom stereocenters. The van der Waals surface area contributed by atoms with E-state index in [0.29, 0.717) is 30.8 Å². The molecule has 6 heteroatoms. The van der Waals surface area contributed by atoms with E-state index in [-0.39, 0.29) is 5.91 Å². The molecular weight excluding hydrogens is 300 g/mol. The lowest BCUT2D eigenvalue weighted by Crippen LogP contribution is -2.42. The summed E-state index contributed by atoms with van der Waals surface area (Å²) in [7, 11) is 0. The molecule has 3 rings (SSSR count). The SMILES string of the molecule is CC(C)(C)C(=O)N1CCc2[nH]nc(-c3ccc(F)c(F)c3)c2C1. The number of aromatic amines is 1. The van der Waals surface area contributed by atoms with Gasteiger partial charge in [0.2, 0.25) is 5.91 Å². The van der Waals surface area contributed by atoms with Crippen LogP contribution in [0, 0.1) is 17.0 Å². The molecule has 2 aromatic rings. The lowest BCUT2D eigenvalue weighted by Gasteiger charge is -2.32. The molecule has 1 N–H and O–H groups in total. The second kappa shape index (κ2) is 5.44. The van der Waals surface area contributed by atoms with Gasteiger partial charge in [-0.2, -0.15) is 5.10 Å². The second-order valence-corrected chi connectivity index (χ2v) is 6.88. The van der Waals surface area contributed by atoms with Crippen LogP contribution in [-0.2, 0) is 17.8 Å². The highest BCUT2D eigenvalue weighted by Crippen LogP contribution is 2.31. The molecular formula is C17H19F2N3O. The van der Waals surface area contributed by atoms with E-state index >= 15 is 0 Å². The van der Waals surface area contributed by atoms with Gasteiger partial charge in [0, 0.05) is 41.7 Å². The molecule has 0 saturated heterocycles. The number of carbonyl (C=O) groups excluding carboxylic acids is 1. The van der Waals surface area contributed by atoms with E-state index in [4.69, 9.17) is 0 Å². The monoisotopic (exact) mass is 319 g/mol. The molecule has 0 aliphatic carbocycles. The molecule has 4 nitrogen and oxygen atoms in total. The molecule has 2 heterocycles. The van der Waals surface area contributed by atoms with E-state index in [0.717, 1.165) is 23.4 Å². The summed E-state index contributed by atoms with van der Waals surface area (Å²) in [6.07, 6.45) is 0.674. The van der Waals surface area contributed by atoms with Crippen molar-refractivity contribution in [1.29, 1.82) is 0 Å². The molecule has 0 saturated carbocycles. The minimum Gasteiger partial charge on any atom is -0.337 e. The summed E-state index contributed by atoms with van der Waals surface area (Å²) in [6.45, 7) is 6.71. The van der Waals surface area contributed by atoms with Crippen molar-refractivity contribution in [3.05, 3.63) is 41.1 Å². The van der Waals surface area contributed by atoms with Crippen LogP contribution in [0.25, 0.3) is 11.3 Å². The largest absolute Gasteiger partial charge is 0.337 e. The lowest BCUT2D eigenvalue weighted by atomic mass is 9.92. The first-order valence-electron chi connectivity index (χ1n) is 7.58. The molecule has 0 radical (unpaired) electrons.